The number of aryl methyl sites for hydroxylation is 2. The van der Waals surface area contributed by atoms with Gasteiger partial charge in [0, 0.05) is 10.8 Å². The fourth-order valence-electron chi connectivity index (χ4n) is 2.66. The maximum atomic E-state index is 5.90. The second-order valence-electron chi connectivity index (χ2n) is 5.35. The maximum Gasteiger partial charge on any atom is 0.140 e. The van der Waals surface area contributed by atoms with Gasteiger partial charge in [0.25, 0.3) is 0 Å². The Morgan fingerprint density at radius 2 is 1.82 bits per heavy atom. The number of hydrogen-bond donors (Lipinski definition) is 0. The predicted octanol–water partition coefficient (Wildman–Crippen LogP) is 4.77. The van der Waals surface area contributed by atoms with E-state index in [-0.39, 0.29) is 0 Å². The molecule has 0 unspecified atom stereocenters. The summed E-state index contributed by atoms with van der Waals surface area (Å²) in [7, 11) is 0. The third kappa shape index (κ3) is 2.04. The van der Waals surface area contributed by atoms with Gasteiger partial charge in [-0.25, -0.2) is 0 Å². The average Bonchev–Trinajstić information content (AvgIpc) is 3.06. The third-order valence-corrected chi connectivity index (χ3v) is 3.91. The van der Waals surface area contributed by atoms with Crippen LogP contribution in [0.1, 0.15) is 17.0 Å². The summed E-state index contributed by atoms with van der Waals surface area (Å²) >= 11 is 0. The molecule has 4 heteroatoms. The Balaban J connectivity index is 1.69. The van der Waals surface area contributed by atoms with Crippen molar-refractivity contribution in [3.05, 3.63) is 59.5 Å². The van der Waals surface area contributed by atoms with E-state index in [1.165, 1.54) is 0 Å². The van der Waals surface area contributed by atoms with Crippen LogP contribution in [0.25, 0.3) is 21.9 Å². The third-order valence-electron chi connectivity index (χ3n) is 3.91. The fourth-order valence-corrected chi connectivity index (χ4v) is 2.66. The van der Waals surface area contributed by atoms with E-state index >= 15 is 0 Å². The Hall–Kier alpha value is -2.75. The minimum Gasteiger partial charge on any atom is -0.489 e. The number of hydrogen-bond acceptors (Lipinski definition) is 4. The van der Waals surface area contributed by atoms with Crippen molar-refractivity contribution >= 4 is 21.9 Å². The van der Waals surface area contributed by atoms with E-state index in [1.807, 2.05) is 50.2 Å². The number of rotatable bonds is 3. The van der Waals surface area contributed by atoms with Crippen molar-refractivity contribution in [2.24, 2.45) is 0 Å². The molecule has 0 saturated carbocycles. The predicted molar refractivity (Wildman–Crippen MR) is 84.0 cm³/mol. The number of furan rings is 1. The van der Waals surface area contributed by atoms with Crippen molar-refractivity contribution in [3.8, 4) is 5.75 Å². The van der Waals surface area contributed by atoms with Gasteiger partial charge in [-0.1, -0.05) is 23.4 Å². The lowest BCUT2D eigenvalue weighted by atomic mass is 10.1. The number of ether oxygens (including phenoxy) is 1. The summed E-state index contributed by atoms with van der Waals surface area (Å²) in [5, 5.41) is 6.10. The summed E-state index contributed by atoms with van der Waals surface area (Å²) in [5.74, 6) is 1.60. The van der Waals surface area contributed by atoms with E-state index in [4.69, 9.17) is 13.7 Å². The summed E-state index contributed by atoms with van der Waals surface area (Å²) < 4.78 is 16.9. The van der Waals surface area contributed by atoms with Crippen molar-refractivity contribution in [2.45, 2.75) is 20.5 Å². The Morgan fingerprint density at radius 3 is 2.64 bits per heavy atom. The van der Waals surface area contributed by atoms with E-state index in [2.05, 4.69) is 11.2 Å². The lowest BCUT2D eigenvalue weighted by molar-refractivity contribution is 0.302. The van der Waals surface area contributed by atoms with Crippen LogP contribution in [-0.2, 0) is 6.61 Å². The van der Waals surface area contributed by atoms with Gasteiger partial charge in [-0.2, -0.15) is 0 Å². The molecule has 0 radical (unpaired) electrons. The Morgan fingerprint density at radius 1 is 1.00 bits per heavy atom. The molecule has 0 atom stereocenters. The molecule has 2 aromatic heterocycles. The van der Waals surface area contributed by atoms with E-state index in [0.29, 0.717) is 6.61 Å². The highest BCUT2D eigenvalue weighted by molar-refractivity contribution is 6.05. The zero-order chi connectivity index (χ0) is 15.1. The molecule has 0 saturated heterocycles. The van der Waals surface area contributed by atoms with Gasteiger partial charge >= 0.3 is 0 Å². The van der Waals surface area contributed by atoms with Gasteiger partial charge < -0.3 is 13.7 Å². The number of para-hydroxylation sites is 1. The molecule has 22 heavy (non-hydrogen) atoms. The molecule has 0 bridgehead atoms. The van der Waals surface area contributed by atoms with Crippen LogP contribution in [0.15, 0.2) is 51.4 Å². The lowest BCUT2D eigenvalue weighted by Gasteiger charge is -2.05. The highest BCUT2D eigenvalue weighted by Crippen LogP contribution is 2.31. The molecule has 110 valence electrons. The summed E-state index contributed by atoms with van der Waals surface area (Å²) in [5.41, 5.74) is 3.62. The first-order valence-electron chi connectivity index (χ1n) is 7.18. The Labute approximate surface area is 127 Å². The molecule has 4 rings (SSSR count). The van der Waals surface area contributed by atoms with Gasteiger partial charge in [0.15, 0.2) is 0 Å². The van der Waals surface area contributed by atoms with E-state index < -0.39 is 0 Å². The van der Waals surface area contributed by atoms with Crippen LogP contribution in [0.3, 0.4) is 0 Å². The zero-order valence-corrected chi connectivity index (χ0v) is 12.4. The van der Waals surface area contributed by atoms with Crippen LogP contribution in [0.4, 0.5) is 0 Å². The minimum absolute atomic E-state index is 0.447. The van der Waals surface area contributed by atoms with Gasteiger partial charge in [0.05, 0.1) is 11.3 Å². The zero-order valence-electron chi connectivity index (χ0n) is 12.4. The second kappa shape index (κ2) is 4.91. The Bertz CT molecular complexity index is 945. The highest BCUT2D eigenvalue weighted by Gasteiger charge is 2.11. The van der Waals surface area contributed by atoms with E-state index in [1.54, 1.807) is 0 Å². The standard InChI is InChI=1S/C18H15NO3/c1-11-16(12(2)22-19-11)10-20-13-7-8-18-15(9-13)14-5-3-4-6-17(14)21-18/h3-9H,10H2,1-2H3. The van der Waals surface area contributed by atoms with Gasteiger partial charge in [-0.05, 0) is 38.1 Å². The summed E-state index contributed by atoms with van der Waals surface area (Å²) in [6.45, 7) is 4.26. The topological polar surface area (TPSA) is 48.4 Å². The quantitative estimate of drug-likeness (QED) is 0.546. The van der Waals surface area contributed by atoms with Gasteiger partial charge in [0.2, 0.25) is 0 Å². The molecule has 4 nitrogen and oxygen atoms in total. The van der Waals surface area contributed by atoms with E-state index in [0.717, 1.165) is 44.7 Å². The fraction of sp³-hybridized carbons (Fsp3) is 0.167. The molecule has 0 aliphatic rings. The van der Waals surface area contributed by atoms with E-state index in [9.17, 15) is 0 Å². The van der Waals surface area contributed by atoms with Crippen LogP contribution in [-0.4, -0.2) is 5.16 Å². The van der Waals surface area contributed by atoms with Crippen molar-refractivity contribution in [3.63, 3.8) is 0 Å². The van der Waals surface area contributed by atoms with Crippen LogP contribution < -0.4 is 4.74 Å². The monoisotopic (exact) mass is 293 g/mol. The summed E-state index contributed by atoms with van der Waals surface area (Å²) in [6, 6.07) is 13.9. The van der Waals surface area contributed by atoms with Crippen LogP contribution >= 0.6 is 0 Å². The molecular weight excluding hydrogens is 278 g/mol. The normalized spacial score (nSPS) is 11.4. The molecule has 0 N–H and O–H groups in total. The van der Waals surface area contributed by atoms with Crippen molar-refractivity contribution in [1.82, 2.24) is 5.16 Å². The largest absolute Gasteiger partial charge is 0.489 e. The average molecular weight is 293 g/mol. The SMILES string of the molecule is Cc1noc(C)c1COc1ccc2oc3ccccc3c2c1. The summed E-state index contributed by atoms with van der Waals surface area (Å²) in [4.78, 5) is 0. The molecule has 0 spiro atoms. The number of fused-ring (bicyclic) bond motifs is 3. The molecule has 0 fully saturated rings. The van der Waals surface area contributed by atoms with Crippen LogP contribution in [0.5, 0.6) is 5.75 Å². The maximum absolute atomic E-state index is 5.90. The minimum atomic E-state index is 0.447. The van der Waals surface area contributed by atoms with Gasteiger partial charge in [-0.3, -0.25) is 0 Å². The first-order valence-corrected chi connectivity index (χ1v) is 7.18. The van der Waals surface area contributed by atoms with Gasteiger partial charge in [-0.15, -0.1) is 0 Å². The lowest BCUT2D eigenvalue weighted by Crippen LogP contribution is -1.97. The van der Waals surface area contributed by atoms with Crippen LogP contribution in [0.2, 0.25) is 0 Å². The molecule has 2 aromatic carbocycles. The molecule has 4 aromatic rings. The van der Waals surface area contributed by atoms with Crippen LogP contribution in [0, 0.1) is 13.8 Å². The van der Waals surface area contributed by atoms with Crippen molar-refractivity contribution in [2.75, 3.05) is 0 Å². The summed E-state index contributed by atoms with van der Waals surface area (Å²) in [6.07, 6.45) is 0. The number of aromatic nitrogens is 1. The number of benzene rings is 2. The Kier molecular flexibility index (Phi) is 2.89. The first-order chi connectivity index (χ1) is 10.7. The molecular formula is C18H15NO3. The first kappa shape index (κ1) is 13.0. The van der Waals surface area contributed by atoms with Crippen molar-refractivity contribution in [1.29, 1.82) is 0 Å². The number of nitrogens with zero attached hydrogens (tertiary/aromatic N) is 1. The second-order valence-corrected chi connectivity index (χ2v) is 5.35. The molecule has 2 heterocycles. The highest BCUT2D eigenvalue weighted by atomic mass is 16.5. The van der Waals surface area contributed by atoms with Gasteiger partial charge in [0.1, 0.15) is 29.3 Å². The molecule has 0 amide bonds. The smallest absolute Gasteiger partial charge is 0.140 e. The molecule has 0 aliphatic heterocycles. The van der Waals surface area contributed by atoms with Crippen molar-refractivity contribution < 1.29 is 13.7 Å². The molecule has 0 aliphatic carbocycles.